The first kappa shape index (κ1) is 15.0. The number of ether oxygens (including phenoxy) is 1. The van der Waals surface area contributed by atoms with Crippen LogP contribution in [0.5, 0.6) is 0 Å². The van der Waals surface area contributed by atoms with Crippen LogP contribution in [0.25, 0.3) is 0 Å². The van der Waals surface area contributed by atoms with Gasteiger partial charge in [-0.1, -0.05) is 20.8 Å². The zero-order valence-corrected chi connectivity index (χ0v) is 13.7. The Balaban J connectivity index is 2.11. The normalized spacial score (nSPS) is 20.1. The van der Waals surface area contributed by atoms with Crippen LogP contribution in [0.3, 0.4) is 0 Å². The fraction of sp³-hybridized carbons (Fsp3) is 0.750. The van der Waals surface area contributed by atoms with Crippen molar-refractivity contribution < 1.29 is 4.74 Å². The van der Waals surface area contributed by atoms with Gasteiger partial charge in [0.15, 0.2) is 0 Å². The molecule has 2 rings (SSSR count). The van der Waals surface area contributed by atoms with Crippen LogP contribution in [-0.4, -0.2) is 19.8 Å². The summed E-state index contributed by atoms with van der Waals surface area (Å²) in [5, 5.41) is 3.47. The molecule has 1 aromatic rings. The number of hydrogen-bond acceptors (Lipinski definition) is 3. The lowest BCUT2D eigenvalue weighted by molar-refractivity contribution is -0.0832. The van der Waals surface area contributed by atoms with E-state index in [1.54, 1.807) is 0 Å². The summed E-state index contributed by atoms with van der Waals surface area (Å²) in [6.07, 6.45) is 4.81. The van der Waals surface area contributed by atoms with E-state index in [0.717, 1.165) is 6.42 Å². The van der Waals surface area contributed by atoms with Crippen LogP contribution in [0.15, 0.2) is 12.1 Å². The lowest BCUT2D eigenvalue weighted by Crippen LogP contribution is -2.42. The van der Waals surface area contributed by atoms with Crippen LogP contribution < -0.4 is 5.32 Å². The molecule has 2 nitrogen and oxygen atoms in total. The average molecular weight is 281 g/mol. The monoisotopic (exact) mass is 281 g/mol. The van der Waals surface area contributed by atoms with Gasteiger partial charge in [0.25, 0.3) is 0 Å². The van der Waals surface area contributed by atoms with Crippen molar-refractivity contribution in [2.24, 2.45) is 0 Å². The second kappa shape index (κ2) is 5.55. The van der Waals surface area contributed by atoms with Gasteiger partial charge in [0.05, 0.1) is 5.60 Å². The molecule has 1 heterocycles. The minimum atomic E-state index is 0.125. The first-order valence-corrected chi connectivity index (χ1v) is 8.04. The highest BCUT2D eigenvalue weighted by atomic mass is 32.1. The summed E-state index contributed by atoms with van der Waals surface area (Å²) in [6, 6.07) is 4.99. The maximum atomic E-state index is 5.77. The third-order valence-corrected chi connectivity index (χ3v) is 5.96. The molecule has 0 saturated heterocycles. The molecule has 0 bridgehead atoms. The highest BCUT2D eigenvalue weighted by molar-refractivity contribution is 7.12. The Bertz CT molecular complexity index is 409. The molecule has 0 amide bonds. The van der Waals surface area contributed by atoms with Crippen molar-refractivity contribution in [1.82, 2.24) is 5.32 Å². The molecule has 1 fully saturated rings. The van der Waals surface area contributed by atoms with E-state index in [0.29, 0.717) is 6.04 Å². The summed E-state index contributed by atoms with van der Waals surface area (Å²) < 4.78 is 5.77. The predicted molar refractivity (Wildman–Crippen MR) is 83.0 cm³/mol. The molecule has 1 saturated carbocycles. The van der Waals surface area contributed by atoms with Crippen LogP contribution in [-0.2, 0) is 10.2 Å². The molecule has 1 N–H and O–H groups in total. The van der Waals surface area contributed by atoms with E-state index in [1.165, 1.54) is 29.0 Å². The van der Waals surface area contributed by atoms with Crippen molar-refractivity contribution >= 4 is 11.3 Å². The van der Waals surface area contributed by atoms with Crippen molar-refractivity contribution in [3.05, 3.63) is 21.9 Å². The first-order chi connectivity index (χ1) is 8.90. The number of thiophene rings is 1. The molecule has 1 aromatic heterocycles. The molecule has 108 valence electrons. The van der Waals surface area contributed by atoms with Gasteiger partial charge in [-0.05, 0) is 50.3 Å². The van der Waals surface area contributed by atoms with Crippen molar-refractivity contribution in [3.63, 3.8) is 0 Å². The quantitative estimate of drug-likeness (QED) is 0.870. The molecule has 1 aliphatic carbocycles. The maximum Gasteiger partial charge on any atom is 0.0697 e. The van der Waals surface area contributed by atoms with E-state index < -0.39 is 0 Å². The molecule has 1 aliphatic rings. The number of nitrogens with one attached hydrogen (secondary N) is 1. The van der Waals surface area contributed by atoms with E-state index >= 15 is 0 Å². The zero-order chi connectivity index (χ0) is 14.1. The maximum absolute atomic E-state index is 5.77. The Morgan fingerprint density at radius 2 is 2.05 bits per heavy atom. The average Bonchev–Trinajstić information content (AvgIpc) is 2.78. The van der Waals surface area contributed by atoms with Gasteiger partial charge >= 0.3 is 0 Å². The second-order valence-electron chi connectivity index (χ2n) is 6.74. The smallest absolute Gasteiger partial charge is 0.0697 e. The molecule has 0 aromatic carbocycles. The zero-order valence-electron chi connectivity index (χ0n) is 12.9. The van der Waals surface area contributed by atoms with Gasteiger partial charge in [-0.25, -0.2) is 0 Å². The number of hydrogen-bond donors (Lipinski definition) is 1. The van der Waals surface area contributed by atoms with Crippen LogP contribution in [0.1, 0.15) is 62.3 Å². The van der Waals surface area contributed by atoms with Crippen molar-refractivity contribution in [1.29, 1.82) is 0 Å². The molecule has 0 spiro atoms. The molecule has 1 unspecified atom stereocenters. The van der Waals surface area contributed by atoms with Gasteiger partial charge in [-0.15, -0.1) is 11.3 Å². The molecule has 1 atom stereocenters. The van der Waals surface area contributed by atoms with Gasteiger partial charge in [-0.2, -0.15) is 0 Å². The summed E-state index contributed by atoms with van der Waals surface area (Å²) in [6.45, 7) is 6.83. The van der Waals surface area contributed by atoms with Crippen molar-refractivity contribution in [2.45, 2.75) is 63.5 Å². The van der Waals surface area contributed by atoms with Crippen molar-refractivity contribution in [3.8, 4) is 0 Å². The highest BCUT2D eigenvalue weighted by Gasteiger charge is 2.39. The van der Waals surface area contributed by atoms with Gasteiger partial charge in [0.2, 0.25) is 0 Å². The van der Waals surface area contributed by atoms with Crippen LogP contribution in [0.4, 0.5) is 0 Å². The van der Waals surface area contributed by atoms with E-state index in [1.807, 2.05) is 18.4 Å². The number of methoxy groups -OCH3 is 1. The Hall–Kier alpha value is -0.380. The lowest BCUT2D eigenvalue weighted by atomic mass is 9.75. The molecule has 19 heavy (non-hydrogen) atoms. The summed E-state index contributed by atoms with van der Waals surface area (Å²) in [4.78, 5) is 2.90. The SMILES string of the molecule is CNC(CC1(OC)CCC1)c1ccc(C(C)(C)C)s1. The van der Waals surface area contributed by atoms with Gasteiger partial charge < -0.3 is 10.1 Å². The van der Waals surface area contributed by atoms with E-state index in [9.17, 15) is 0 Å². The molecule has 3 heteroatoms. The Labute approximate surface area is 121 Å². The first-order valence-electron chi connectivity index (χ1n) is 7.23. The topological polar surface area (TPSA) is 21.3 Å². The van der Waals surface area contributed by atoms with Crippen molar-refractivity contribution in [2.75, 3.05) is 14.2 Å². The van der Waals surface area contributed by atoms with E-state index in [4.69, 9.17) is 4.74 Å². The van der Waals surface area contributed by atoms with Crippen LogP contribution in [0.2, 0.25) is 0 Å². The molecular weight excluding hydrogens is 254 g/mol. The van der Waals surface area contributed by atoms with Gasteiger partial charge in [0.1, 0.15) is 0 Å². The van der Waals surface area contributed by atoms with E-state index in [-0.39, 0.29) is 11.0 Å². The largest absolute Gasteiger partial charge is 0.378 e. The van der Waals surface area contributed by atoms with Crippen LogP contribution in [0, 0.1) is 0 Å². The minimum Gasteiger partial charge on any atom is -0.378 e. The van der Waals surface area contributed by atoms with Gasteiger partial charge in [-0.3, -0.25) is 0 Å². The van der Waals surface area contributed by atoms with Gasteiger partial charge in [0, 0.05) is 22.9 Å². The van der Waals surface area contributed by atoms with Crippen LogP contribution >= 0.6 is 11.3 Å². The summed E-state index contributed by atoms with van der Waals surface area (Å²) >= 11 is 1.94. The number of rotatable bonds is 5. The molecule has 0 radical (unpaired) electrons. The third kappa shape index (κ3) is 3.21. The fourth-order valence-electron chi connectivity index (χ4n) is 2.72. The lowest BCUT2D eigenvalue weighted by Gasteiger charge is -2.42. The summed E-state index contributed by atoms with van der Waals surface area (Å²) in [7, 11) is 3.92. The standard InChI is InChI=1S/C16H27NOS/c1-15(2,3)14-8-7-13(19-14)12(17-4)11-16(18-5)9-6-10-16/h7-8,12,17H,6,9-11H2,1-5H3. The summed E-state index contributed by atoms with van der Waals surface area (Å²) in [5.74, 6) is 0. The Morgan fingerprint density at radius 3 is 2.42 bits per heavy atom. The molecule has 0 aliphatic heterocycles. The Kier molecular flexibility index (Phi) is 4.38. The highest BCUT2D eigenvalue weighted by Crippen LogP contribution is 2.43. The predicted octanol–water partition coefficient (Wildman–Crippen LogP) is 4.27. The Morgan fingerprint density at radius 1 is 1.37 bits per heavy atom. The fourth-order valence-corrected chi connectivity index (χ4v) is 3.90. The second-order valence-corrected chi connectivity index (χ2v) is 7.85. The third-order valence-electron chi connectivity index (χ3n) is 4.33. The summed E-state index contributed by atoms with van der Waals surface area (Å²) in [5.41, 5.74) is 0.371. The van der Waals surface area contributed by atoms with E-state index in [2.05, 4.69) is 45.3 Å². The minimum absolute atomic E-state index is 0.125. The molecular formula is C16H27NOS.